The molecule has 0 aromatic heterocycles. The Labute approximate surface area is 292 Å². The molecule has 0 saturated heterocycles. The van der Waals surface area contributed by atoms with Gasteiger partial charge in [0.2, 0.25) is 0 Å². The predicted molar refractivity (Wildman–Crippen MR) is 215 cm³/mol. The summed E-state index contributed by atoms with van der Waals surface area (Å²) in [6.45, 7) is 10.2. The van der Waals surface area contributed by atoms with E-state index in [1.165, 1.54) is 88.8 Å². The van der Waals surface area contributed by atoms with Crippen LogP contribution in [-0.2, 0) is 0 Å². The minimum absolute atomic E-state index is 1.11. The lowest BCUT2D eigenvalue weighted by Gasteiger charge is -2.22. The normalized spacial score (nSPS) is 13.7. The molecule has 0 bridgehead atoms. The van der Waals surface area contributed by atoms with E-state index in [0.29, 0.717) is 0 Å². The first-order chi connectivity index (χ1) is 24.2. The van der Waals surface area contributed by atoms with E-state index in [1.54, 1.807) is 0 Å². The Hall–Kier alpha value is -5.38. The van der Waals surface area contributed by atoms with Crippen molar-refractivity contribution in [2.75, 3.05) is 0 Å². The largest absolute Gasteiger partial charge is 0.0804 e. The van der Waals surface area contributed by atoms with Crippen molar-refractivity contribution in [3.05, 3.63) is 162 Å². The quantitative estimate of drug-likeness (QED) is 0.182. The molecular weight excluding hydrogens is 589 g/mol. The summed E-state index contributed by atoms with van der Waals surface area (Å²) in [4.78, 5) is 0. The molecule has 0 fully saturated rings. The molecule has 0 atom stereocenters. The maximum atomic E-state index is 3.51. The molecule has 0 amide bonds. The number of hydrogen-bond acceptors (Lipinski definition) is 0. The molecule has 2 aliphatic carbocycles. The third kappa shape index (κ3) is 5.96. The summed E-state index contributed by atoms with van der Waals surface area (Å²) in [5, 5.41) is 9.80. The number of aryl methyl sites for hydroxylation is 1. The van der Waals surface area contributed by atoms with Crippen LogP contribution in [-0.4, -0.2) is 0 Å². The van der Waals surface area contributed by atoms with Crippen molar-refractivity contribution in [2.45, 2.75) is 60.3 Å². The molecule has 9 rings (SSSR count). The Morgan fingerprint density at radius 2 is 1.16 bits per heavy atom. The summed E-state index contributed by atoms with van der Waals surface area (Å²) in [6, 6.07) is 47.5. The molecule has 49 heavy (non-hydrogen) atoms. The van der Waals surface area contributed by atoms with Gasteiger partial charge in [-0.1, -0.05) is 143 Å². The molecule has 2 aliphatic rings. The molecule has 7 aromatic rings. The Bertz CT molecular complexity index is 2430. The lowest BCUT2D eigenvalue weighted by atomic mass is 9.83. The molecule has 240 valence electrons. The highest BCUT2D eigenvalue weighted by Crippen LogP contribution is 2.40. The van der Waals surface area contributed by atoms with Crippen LogP contribution in [0.3, 0.4) is 0 Å². The van der Waals surface area contributed by atoms with Crippen LogP contribution < -0.4 is 0 Å². The first-order valence-corrected chi connectivity index (χ1v) is 18.1. The minimum atomic E-state index is 1.11. The first kappa shape index (κ1) is 32.2. The summed E-state index contributed by atoms with van der Waals surface area (Å²) in [7, 11) is 0. The molecular formula is C49H44. The Balaban J connectivity index is 0.000000914. The van der Waals surface area contributed by atoms with Crippen molar-refractivity contribution in [3.63, 3.8) is 0 Å². The van der Waals surface area contributed by atoms with Crippen LogP contribution in [0.4, 0.5) is 0 Å². The third-order valence-electron chi connectivity index (χ3n) is 9.91. The fraction of sp³-hybridized carbons (Fsp3) is 0.184. The SMILES string of the molecule is CC.CC.Cc1cccc2c1c#cc1cc(-c3ccc4cc(-c5cccc(C6=CC7=CCCC=C7CC6)c5)ccc4c3)c3ccccc3c12. The van der Waals surface area contributed by atoms with E-state index < -0.39 is 0 Å². The monoisotopic (exact) mass is 632 g/mol. The van der Waals surface area contributed by atoms with E-state index in [1.807, 2.05) is 27.7 Å². The van der Waals surface area contributed by atoms with Gasteiger partial charge in [0, 0.05) is 16.2 Å². The number of rotatable bonds is 3. The molecule has 0 nitrogen and oxygen atoms in total. The minimum Gasteiger partial charge on any atom is -0.0804 e. The third-order valence-corrected chi connectivity index (χ3v) is 9.91. The molecule has 0 N–H and O–H groups in total. The molecule has 0 heteroatoms. The van der Waals surface area contributed by atoms with Crippen molar-refractivity contribution < 1.29 is 0 Å². The van der Waals surface area contributed by atoms with Gasteiger partial charge in [0.15, 0.2) is 0 Å². The van der Waals surface area contributed by atoms with Gasteiger partial charge in [-0.05, 0) is 134 Å². The molecule has 0 unspecified atom stereocenters. The van der Waals surface area contributed by atoms with E-state index in [2.05, 4.69) is 146 Å². The summed E-state index contributed by atoms with van der Waals surface area (Å²) < 4.78 is 0. The highest BCUT2D eigenvalue weighted by molar-refractivity contribution is 6.23. The van der Waals surface area contributed by atoms with Gasteiger partial charge in [-0.15, -0.1) is 0 Å². The van der Waals surface area contributed by atoms with Crippen LogP contribution in [0.15, 0.2) is 139 Å². The molecule has 0 aliphatic heterocycles. The summed E-state index contributed by atoms with van der Waals surface area (Å²) in [5.41, 5.74) is 12.0. The topological polar surface area (TPSA) is 0 Å². The zero-order chi connectivity index (χ0) is 33.9. The van der Waals surface area contributed by atoms with Crippen LogP contribution >= 0.6 is 0 Å². The van der Waals surface area contributed by atoms with Gasteiger partial charge >= 0.3 is 0 Å². The van der Waals surface area contributed by atoms with Crippen LogP contribution in [0.2, 0.25) is 0 Å². The highest BCUT2D eigenvalue weighted by Gasteiger charge is 2.16. The van der Waals surface area contributed by atoms with Crippen LogP contribution in [0.1, 0.15) is 64.5 Å². The first-order valence-electron chi connectivity index (χ1n) is 18.1. The predicted octanol–water partition coefficient (Wildman–Crippen LogP) is 14.4. The van der Waals surface area contributed by atoms with E-state index >= 15 is 0 Å². The Morgan fingerprint density at radius 3 is 2.00 bits per heavy atom. The Morgan fingerprint density at radius 1 is 0.510 bits per heavy atom. The van der Waals surface area contributed by atoms with Crippen LogP contribution in [0.25, 0.3) is 70.9 Å². The zero-order valence-electron chi connectivity index (χ0n) is 29.5. The van der Waals surface area contributed by atoms with Gasteiger partial charge < -0.3 is 0 Å². The zero-order valence-corrected chi connectivity index (χ0v) is 29.5. The van der Waals surface area contributed by atoms with E-state index in [4.69, 9.17) is 0 Å². The molecule has 0 spiro atoms. The summed E-state index contributed by atoms with van der Waals surface area (Å²) in [5.74, 6) is 0. The number of hydrogen-bond donors (Lipinski definition) is 0. The fourth-order valence-electron chi connectivity index (χ4n) is 7.57. The highest BCUT2D eigenvalue weighted by atomic mass is 14.2. The van der Waals surface area contributed by atoms with Gasteiger partial charge in [-0.2, -0.15) is 0 Å². The van der Waals surface area contributed by atoms with Gasteiger partial charge in [0.1, 0.15) is 0 Å². The maximum absolute atomic E-state index is 3.51. The van der Waals surface area contributed by atoms with Crippen LogP contribution in [0.5, 0.6) is 0 Å². The summed E-state index contributed by atoms with van der Waals surface area (Å²) >= 11 is 0. The Kier molecular flexibility index (Phi) is 9.19. The molecule has 7 aromatic carbocycles. The second kappa shape index (κ2) is 14.0. The van der Waals surface area contributed by atoms with Crippen molar-refractivity contribution in [1.82, 2.24) is 0 Å². The van der Waals surface area contributed by atoms with E-state index in [-0.39, 0.29) is 0 Å². The van der Waals surface area contributed by atoms with Crippen molar-refractivity contribution >= 4 is 48.7 Å². The van der Waals surface area contributed by atoms with E-state index in [9.17, 15) is 0 Å². The number of allylic oxidation sites excluding steroid dienone is 6. The maximum Gasteiger partial charge on any atom is 0.0357 e. The fourth-order valence-corrected chi connectivity index (χ4v) is 7.57. The van der Waals surface area contributed by atoms with Gasteiger partial charge in [0.05, 0.1) is 0 Å². The van der Waals surface area contributed by atoms with Crippen molar-refractivity contribution in [2.24, 2.45) is 0 Å². The standard InChI is InChI=1S/C45H32.2C2H6/c1-29-8-6-15-42-40(29)23-22-39-28-44(41-13-4-5-14-43(41)45(39)42)38-21-20-36-26-35(18-19-37(36)27-38)33-12-7-11-32(25-33)34-17-16-30-9-2-3-10-31(30)24-34;2*1-2/h4-15,18-21,24-28H,2-3,16-17H2,1H3;2*1-2H3. The second-order valence-corrected chi connectivity index (χ2v) is 12.6. The lowest BCUT2D eigenvalue weighted by molar-refractivity contribution is 0.914. The number of benzene rings is 6. The second-order valence-electron chi connectivity index (χ2n) is 12.6. The number of fused-ring (bicyclic) bond motifs is 7. The van der Waals surface area contributed by atoms with Gasteiger partial charge in [-0.3, -0.25) is 0 Å². The van der Waals surface area contributed by atoms with Gasteiger partial charge in [-0.25, -0.2) is 0 Å². The van der Waals surface area contributed by atoms with Crippen molar-refractivity contribution in [1.29, 1.82) is 0 Å². The van der Waals surface area contributed by atoms with E-state index in [0.717, 1.165) is 30.0 Å². The molecule has 0 heterocycles. The molecule has 0 radical (unpaired) electrons. The average molecular weight is 633 g/mol. The summed E-state index contributed by atoms with van der Waals surface area (Å²) in [6.07, 6.45) is 11.9. The molecule has 0 saturated carbocycles. The van der Waals surface area contributed by atoms with Gasteiger partial charge in [0.25, 0.3) is 0 Å². The van der Waals surface area contributed by atoms with Crippen LogP contribution in [0, 0.1) is 19.1 Å². The smallest absolute Gasteiger partial charge is 0.0357 e. The lowest BCUT2D eigenvalue weighted by Crippen LogP contribution is -2.01. The van der Waals surface area contributed by atoms with Crippen molar-refractivity contribution in [3.8, 4) is 22.3 Å². The average Bonchev–Trinajstić information content (AvgIpc) is 3.18.